The summed E-state index contributed by atoms with van der Waals surface area (Å²) in [5, 5.41) is 22.7. The van der Waals surface area contributed by atoms with Crippen molar-refractivity contribution in [2.75, 3.05) is 11.9 Å². The largest absolute Gasteiger partial charge is 0.480 e. The van der Waals surface area contributed by atoms with Crippen molar-refractivity contribution in [2.45, 2.75) is 12.5 Å². The molecule has 0 aliphatic rings. The Balaban J connectivity index is 2.10. The van der Waals surface area contributed by atoms with Crippen LogP contribution in [0.25, 0.3) is 11.1 Å². The lowest BCUT2D eigenvalue weighted by Crippen LogP contribution is -2.42. The first kappa shape index (κ1) is 18.2. The van der Waals surface area contributed by atoms with Gasteiger partial charge >= 0.3 is 11.9 Å². The molecule has 0 saturated heterocycles. The van der Waals surface area contributed by atoms with E-state index in [0.29, 0.717) is 5.69 Å². The smallest absolute Gasteiger partial charge is 0.321 e. The summed E-state index contributed by atoms with van der Waals surface area (Å²) in [5.74, 6) is -3.00. The van der Waals surface area contributed by atoms with Gasteiger partial charge in [0.2, 0.25) is 5.91 Å². The van der Waals surface area contributed by atoms with E-state index in [-0.39, 0.29) is 6.42 Å². The molecule has 0 aromatic heterocycles. The number of anilines is 1. The highest BCUT2D eigenvalue weighted by molar-refractivity contribution is 5.97. The van der Waals surface area contributed by atoms with Crippen LogP contribution in [0, 0.1) is 0 Å². The number of hydrogen-bond donors (Lipinski definition) is 4. The predicted molar refractivity (Wildman–Crippen MR) is 92.2 cm³/mol. The van der Waals surface area contributed by atoms with Gasteiger partial charge in [0.05, 0.1) is 13.0 Å². The second-order valence-electron chi connectivity index (χ2n) is 5.33. The lowest BCUT2D eigenvalue weighted by atomic mass is 10.0. The van der Waals surface area contributed by atoms with Crippen LogP contribution in [-0.4, -0.2) is 40.6 Å². The maximum absolute atomic E-state index is 12.2. The van der Waals surface area contributed by atoms with Crippen molar-refractivity contribution in [1.29, 1.82) is 0 Å². The topological polar surface area (TPSA) is 116 Å². The zero-order valence-corrected chi connectivity index (χ0v) is 13.3. The van der Waals surface area contributed by atoms with Crippen molar-refractivity contribution in [3.63, 3.8) is 0 Å². The van der Waals surface area contributed by atoms with E-state index in [2.05, 4.69) is 10.6 Å². The fourth-order valence-corrected chi connectivity index (χ4v) is 2.31. The Bertz CT molecular complexity index is 761. The summed E-state index contributed by atoms with van der Waals surface area (Å²) in [4.78, 5) is 33.9. The van der Waals surface area contributed by atoms with Gasteiger partial charge in [0.1, 0.15) is 6.04 Å². The highest BCUT2D eigenvalue weighted by Gasteiger charge is 2.22. The van der Waals surface area contributed by atoms with Gasteiger partial charge in [-0.2, -0.15) is 0 Å². The molecule has 0 bridgehead atoms. The van der Waals surface area contributed by atoms with Crippen molar-refractivity contribution in [1.82, 2.24) is 5.32 Å². The molecule has 130 valence electrons. The number of carboxylic acids is 2. The summed E-state index contributed by atoms with van der Waals surface area (Å²) in [7, 11) is 0. The number of benzene rings is 2. The number of amides is 1. The maximum atomic E-state index is 12.2. The quantitative estimate of drug-likeness (QED) is 0.581. The van der Waals surface area contributed by atoms with Crippen LogP contribution in [0.1, 0.15) is 6.42 Å². The van der Waals surface area contributed by atoms with E-state index in [1.165, 1.54) is 0 Å². The van der Waals surface area contributed by atoms with Crippen molar-refractivity contribution < 1.29 is 24.6 Å². The number of aliphatic carboxylic acids is 2. The molecule has 0 radical (unpaired) electrons. The zero-order chi connectivity index (χ0) is 18.2. The van der Waals surface area contributed by atoms with Crippen molar-refractivity contribution in [2.24, 2.45) is 0 Å². The van der Waals surface area contributed by atoms with E-state index in [4.69, 9.17) is 10.2 Å². The molecule has 1 amide bonds. The fourth-order valence-electron chi connectivity index (χ4n) is 2.31. The van der Waals surface area contributed by atoms with E-state index < -0.39 is 30.4 Å². The van der Waals surface area contributed by atoms with Crippen molar-refractivity contribution in [3.05, 3.63) is 54.6 Å². The Kier molecular flexibility index (Phi) is 6.25. The Morgan fingerprint density at radius 3 is 2.20 bits per heavy atom. The standard InChI is InChI=1S/C18H18N2O5/c21-16(10-15(18(24)25)19-11-17(22)23)20-14-9-5-4-8-13(14)12-6-2-1-3-7-12/h1-9,15,19H,10-11H2,(H,20,21)(H,22,23)(H,24,25). The Labute approximate surface area is 144 Å². The number of nitrogens with one attached hydrogen (secondary N) is 2. The Morgan fingerprint density at radius 2 is 1.56 bits per heavy atom. The molecule has 1 unspecified atom stereocenters. The molecule has 0 saturated carbocycles. The van der Waals surface area contributed by atoms with Gasteiger partial charge in [-0.3, -0.25) is 19.7 Å². The molecule has 2 rings (SSSR count). The van der Waals surface area contributed by atoms with Crippen LogP contribution in [-0.2, 0) is 14.4 Å². The third-order valence-electron chi connectivity index (χ3n) is 3.47. The molecule has 2 aromatic rings. The van der Waals surface area contributed by atoms with Crippen LogP contribution >= 0.6 is 0 Å². The lowest BCUT2D eigenvalue weighted by Gasteiger charge is -2.15. The normalized spacial score (nSPS) is 11.5. The van der Waals surface area contributed by atoms with E-state index in [1.807, 2.05) is 42.5 Å². The number of para-hydroxylation sites is 1. The molecule has 2 aromatic carbocycles. The minimum absolute atomic E-state index is 0.383. The fraction of sp³-hybridized carbons (Fsp3) is 0.167. The monoisotopic (exact) mass is 342 g/mol. The highest BCUT2D eigenvalue weighted by Crippen LogP contribution is 2.27. The van der Waals surface area contributed by atoms with Crippen molar-refractivity contribution in [3.8, 4) is 11.1 Å². The third-order valence-corrected chi connectivity index (χ3v) is 3.47. The number of carbonyl (C=O) groups is 3. The molecule has 0 spiro atoms. The van der Waals surface area contributed by atoms with E-state index >= 15 is 0 Å². The first-order valence-corrected chi connectivity index (χ1v) is 7.59. The second kappa shape index (κ2) is 8.60. The second-order valence-corrected chi connectivity index (χ2v) is 5.33. The maximum Gasteiger partial charge on any atom is 0.321 e. The number of rotatable bonds is 8. The molecular formula is C18H18N2O5. The number of hydrogen-bond acceptors (Lipinski definition) is 4. The van der Waals surface area contributed by atoms with E-state index in [9.17, 15) is 14.4 Å². The minimum atomic E-state index is -1.28. The summed E-state index contributed by atoms with van der Waals surface area (Å²) in [6, 6.07) is 15.3. The summed E-state index contributed by atoms with van der Waals surface area (Å²) in [6.45, 7) is -0.537. The molecule has 7 nitrogen and oxygen atoms in total. The number of carboxylic acid groups (broad SMARTS) is 2. The van der Waals surface area contributed by atoms with Gasteiger partial charge < -0.3 is 15.5 Å². The third kappa shape index (κ3) is 5.43. The van der Waals surface area contributed by atoms with Gasteiger partial charge in [-0.05, 0) is 11.6 Å². The Hall–Kier alpha value is -3.19. The van der Waals surface area contributed by atoms with Crippen LogP contribution < -0.4 is 10.6 Å². The first-order valence-electron chi connectivity index (χ1n) is 7.59. The SMILES string of the molecule is O=C(O)CNC(CC(=O)Nc1ccccc1-c1ccccc1)C(=O)O. The molecule has 25 heavy (non-hydrogen) atoms. The van der Waals surface area contributed by atoms with Crippen LogP contribution in [0.2, 0.25) is 0 Å². The molecule has 0 heterocycles. The molecule has 0 aliphatic heterocycles. The van der Waals surface area contributed by atoms with Gasteiger partial charge in [-0.15, -0.1) is 0 Å². The Morgan fingerprint density at radius 1 is 0.920 bits per heavy atom. The van der Waals surface area contributed by atoms with Crippen molar-refractivity contribution >= 4 is 23.5 Å². The molecule has 0 fully saturated rings. The molecular weight excluding hydrogens is 324 g/mol. The predicted octanol–water partition coefficient (Wildman–Crippen LogP) is 1.81. The average molecular weight is 342 g/mol. The summed E-state index contributed by atoms with van der Waals surface area (Å²) in [6.07, 6.45) is -0.383. The molecule has 7 heteroatoms. The average Bonchev–Trinajstić information content (AvgIpc) is 2.59. The summed E-state index contributed by atoms with van der Waals surface area (Å²) < 4.78 is 0. The van der Waals surface area contributed by atoms with Gasteiger partial charge in [-0.25, -0.2) is 0 Å². The minimum Gasteiger partial charge on any atom is -0.480 e. The molecule has 0 aliphatic carbocycles. The zero-order valence-electron chi connectivity index (χ0n) is 13.3. The van der Waals surface area contributed by atoms with Gasteiger partial charge in [0, 0.05) is 11.3 Å². The molecule has 1 atom stereocenters. The molecule has 4 N–H and O–H groups in total. The van der Waals surface area contributed by atoms with E-state index in [0.717, 1.165) is 11.1 Å². The first-order chi connectivity index (χ1) is 12.0. The van der Waals surface area contributed by atoms with Gasteiger partial charge in [0.25, 0.3) is 0 Å². The van der Waals surface area contributed by atoms with Crippen LogP contribution in [0.4, 0.5) is 5.69 Å². The summed E-state index contributed by atoms with van der Waals surface area (Å²) >= 11 is 0. The number of carbonyl (C=O) groups excluding carboxylic acids is 1. The summed E-state index contributed by atoms with van der Waals surface area (Å²) in [5.41, 5.74) is 2.28. The van der Waals surface area contributed by atoms with Crippen LogP contribution in [0.15, 0.2) is 54.6 Å². The van der Waals surface area contributed by atoms with Gasteiger partial charge in [0.15, 0.2) is 0 Å². The highest BCUT2D eigenvalue weighted by atomic mass is 16.4. The van der Waals surface area contributed by atoms with E-state index in [1.54, 1.807) is 12.1 Å². The van der Waals surface area contributed by atoms with Crippen LogP contribution in [0.5, 0.6) is 0 Å². The van der Waals surface area contributed by atoms with Crippen LogP contribution in [0.3, 0.4) is 0 Å². The van der Waals surface area contributed by atoms with Gasteiger partial charge in [-0.1, -0.05) is 48.5 Å². The lowest BCUT2D eigenvalue weighted by molar-refractivity contribution is -0.142.